The monoisotopic (exact) mass is 282 g/mol. The first-order valence-electron chi connectivity index (χ1n) is 4.02. The highest BCUT2D eigenvalue weighted by molar-refractivity contribution is 8.10. The molecular formula is C5H7F3NO5S2-. The molecule has 0 aromatic heterocycles. The van der Waals surface area contributed by atoms with E-state index in [1.54, 1.807) is 4.13 Å². The first kappa shape index (κ1) is 13.7. The quantitative estimate of drug-likeness (QED) is 0.767. The molecule has 0 radical (unpaired) electrons. The highest BCUT2D eigenvalue weighted by Crippen LogP contribution is 2.32. The Morgan fingerprint density at radius 3 is 1.94 bits per heavy atom. The van der Waals surface area contributed by atoms with Crippen molar-refractivity contribution in [3.8, 4) is 0 Å². The molecule has 0 aromatic rings. The Morgan fingerprint density at radius 2 is 1.62 bits per heavy atom. The number of alkyl halides is 3. The van der Waals surface area contributed by atoms with E-state index >= 15 is 0 Å². The van der Waals surface area contributed by atoms with E-state index in [2.05, 4.69) is 4.18 Å². The van der Waals surface area contributed by atoms with Crippen LogP contribution in [0.5, 0.6) is 0 Å². The maximum atomic E-state index is 11.8. The molecule has 0 bridgehead atoms. The molecule has 1 fully saturated rings. The molecule has 16 heavy (non-hydrogen) atoms. The lowest BCUT2D eigenvalue weighted by molar-refractivity contribution is -0.0425. The van der Waals surface area contributed by atoms with Crippen molar-refractivity contribution in [2.75, 3.05) is 0 Å². The van der Waals surface area contributed by atoms with Crippen molar-refractivity contribution in [3.63, 3.8) is 0 Å². The summed E-state index contributed by atoms with van der Waals surface area (Å²) in [4.78, 5) is 0. The van der Waals surface area contributed by atoms with Gasteiger partial charge in [-0.3, -0.25) is 4.18 Å². The average molecular weight is 282 g/mol. The fraction of sp³-hybridized carbons (Fsp3) is 1.00. The van der Waals surface area contributed by atoms with Crippen molar-refractivity contribution in [3.05, 3.63) is 4.13 Å². The van der Waals surface area contributed by atoms with E-state index in [1.165, 1.54) is 0 Å². The van der Waals surface area contributed by atoms with Crippen LogP contribution in [0, 0.1) is 0 Å². The predicted octanol–water partition coefficient (Wildman–Crippen LogP) is 1.02. The Balaban J connectivity index is 2.72. The maximum absolute atomic E-state index is 11.8. The molecular weight excluding hydrogens is 275 g/mol. The highest BCUT2D eigenvalue weighted by atomic mass is 32.3. The van der Waals surface area contributed by atoms with Gasteiger partial charge >= 0.3 is 5.51 Å². The molecule has 0 amide bonds. The molecule has 1 aliphatic rings. The number of halogens is 3. The van der Waals surface area contributed by atoms with Crippen LogP contribution in [0.3, 0.4) is 0 Å². The second-order valence-corrected chi connectivity index (χ2v) is 6.13. The van der Waals surface area contributed by atoms with Gasteiger partial charge in [-0.05, 0) is 19.3 Å². The molecule has 1 saturated carbocycles. The molecule has 0 heterocycles. The van der Waals surface area contributed by atoms with Gasteiger partial charge in [-0.2, -0.15) is 13.2 Å². The zero-order chi connectivity index (χ0) is 12.6. The van der Waals surface area contributed by atoms with Crippen molar-refractivity contribution < 1.29 is 34.2 Å². The standard InChI is InChI=1S/C5H7F3NO5S2/c6-5(7,8)15(10,11)9-16(12,13)14-4-2-1-3-4/h4H,1-3H2/q-1. The number of hydrogen-bond acceptors (Lipinski definition) is 5. The minimum absolute atomic E-state index is 0.348. The fourth-order valence-corrected chi connectivity index (χ4v) is 2.80. The number of sulfonamides is 1. The normalized spacial score (nSPS) is 19.4. The Morgan fingerprint density at radius 1 is 1.12 bits per heavy atom. The maximum Gasteiger partial charge on any atom is 0.480 e. The summed E-state index contributed by atoms with van der Waals surface area (Å²) in [5.74, 6) is 0. The van der Waals surface area contributed by atoms with Gasteiger partial charge in [-0.15, -0.1) is 0 Å². The van der Waals surface area contributed by atoms with Crippen molar-refractivity contribution in [1.29, 1.82) is 0 Å². The molecule has 0 saturated heterocycles. The third kappa shape index (κ3) is 3.30. The van der Waals surface area contributed by atoms with Crippen LogP contribution in [0.1, 0.15) is 19.3 Å². The van der Waals surface area contributed by atoms with Gasteiger partial charge in [0.25, 0.3) is 0 Å². The topological polar surface area (TPSA) is 91.6 Å². The molecule has 6 nitrogen and oxygen atoms in total. The van der Waals surface area contributed by atoms with Gasteiger partial charge in [-0.25, -0.2) is 16.8 Å². The first-order chi connectivity index (χ1) is 7.04. The first-order valence-corrected chi connectivity index (χ1v) is 6.83. The number of hydrogen-bond donors (Lipinski definition) is 0. The Kier molecular flexibility index (Phi) is 3.53. The second-order valence-electron chi connectivity index (χ2n) is 3.07. The number of nitrogens with zero attached hydrogens (tertiary/aromatic N) is 1. The second kappa shape index (κ2) is 4.13. The fourth-order valence-electron chi connectivity index (χ4n) is 0.819. The van der Waals surface area contributed by atoms with Gasteiger partial charge < -0.3 is 4.13 Å². The van der Waals surface area contributed by atoms with Crippen LogP contribution < -0.4 is 0 Å². The molecule has 0 N–H and O–H groups in total. The zero-order valence-corrected chi connectivity index (χ0v) is 9.27. The zero-order valence-electron chi connectivity index (χ0n) is 7.64. The van der Waals surface area contributed by atoms with Crippen LogP contribution in [0.4, 0.5) is 13.2 Å². The summed E-state index contributed by atoms with van der Waals surface area (Å²) in [7, 11) is -11.1. The van der Waals surface area contributed by atoms with Gasteiger partial charge in [0.2, 0.25) is 10.3 Å². The number of rotatable bonds is 4. The van der Waals surface area contributed by atoms with Gasteiger partial charge in [0, 0.05) is 0 Å². The lowest BCUT2D eigenvalue weighted by Crippen LogP contribution is -2.29. The van der Waals surface area contributed by atoms with Crippen molar-refractivity contribution in [2.24, 2.45) is 0 Å². The van der Waals surface area contributed by atoms with E-state index in [4.69, 9.17) is 0 Å². The third-order valence-electron chi connectivity index (χ3n) is 1.79. The lowest BCUT2D eigenvalue weighted by atomic mass is 9.97. The summed E-state index contributed by atoms with van der Waals surface area (Å²) in [6, 6.07) is 0. The van der Waals surface area contributed by atoms with Crippen LogP contribution in [0.15, 0.2) is 0 Å². The van der Waals surface area contributed by atoms with Crippen LogP contribution in [-0.2, 0) is 24.5 Å². The van der Waals surface area contributed by atoms with E-state index in [-0.39, 0.29) is 0 Å². The highest BCUT2D eigenvalue weighted by Gasteiger charge is 2.41. The van der Waals surface area contributed by atoms with Crippen molar-refractivity contribution >= 4 is 20.3 Å². The van der Waals surface area contributed by atoms with Gasteiger partial charge in [-0.1, -0.05) is 0 Å². The third-order valence-corrected chi connectivity index (χ3v) is 4.41. The summed E-state index contributed by atoms with van der Waals surface area (Å²) in [6.45, 7) is 0. The molecule has 0 spiro atoms. The van der Waals surface area contributed by atoms with Gasteiger partial charge in [0.05, 0.1) is 6.10 Å². The summed E-state index contributed by atoms with van der Waals surface area (Å²) in [5, 5.41) is 0. The van der Waals surface area contributed by atoms with Crippen molar-refractivity contribution in [1.82, 2.24) is 0 Å². The molecule has 11 heteroatoms. The van der Waals surface area contributed by atoms with Gasteiger partial charge in [0.1, 0.15) is 0 Å². The molecule has 0 atom stereocenters. The SMILES string of the molecule is O=S(=O)([N-]S(=O)(=O)C(F)(F)F)OC1CCC1. The average Bonchev–Trinajstić information content (AvgIpc) is 1.92. The Labute approximate surface area is 90.1 Å². The molecule has 0 unspecified atom stereocenters. The summed E-state index contributed by atoms with van der Waals surface area (Å²) < 4.78 is 83.7. The Hall–Kier alpha value is -0.390. The van der Waals surface area contributed by atoms with Crippen molar-refractivity contribution in [2.45, 2.75) is 30.9 Å². The molecule has 1 rings (SSSR count). The van der Waals surface area contributed by atoms with E-state index in [0.29, 0.717) is 19.3 Å². The van der Waals surface area contributed by atoms with E-state index in [1.807, 2.05) is 0 Å². The lowest BCUT2D eigenvalue weighted by Gasteiger charge is -2.29. The Bertz CT molecular complexity index is 449. The van der Waals surface area contributed by atoms with Gasteiger partial charge in [0.15, 0.2) is 10.0 Å². The minimum atomic E-state index is -6.07. The van der Waals surface area contributed by atoms with Crippen LogP contribution in [0.25, 0.3) is 4.13 Å². The van der Waals surface area contributed by atoms with E-state index < -0.39 is 31.9 Å². The van der Waals surface area contributed by atoms with E-state index in [9.17, 15) is 30.0 Å². The van der Waals surface area contributed by atoms with E-state index in [0.717, 1.165) is 0 Å². The summed E-state index contributed by atoms with van der Waals surface area (Å²) in [6.07, 6.45) is 0.589. The summed E-state index contributed by atoms with van der Waals surface area (Å²) in [5.41, 5.74) is -5.75. The molecule has 0 aromatic carbocycles. The predicted molar refractivity (Wildman–Crippen MR) is 46.0 cm³/mol. The van der Waals surface area contributed by atoms with Crippen LogP contribution in [0.2, 0.25) is 0 Å². The van der Waals surface area contributed by atoms with Crippen LogP contribution in [-0.4, -0.2) is 28.4 Å². The largest absolute Gasteiger partial charge is 0.480 e. The smallest absolute Gasteiger partial charge is 0.404 e. The summed E-state index contributed by atoms with van der Waals surface area (Å²) >= 11 is 0. The molecule has 0 aliphatic heterocycles. The minimum Gasteiger partial charge on any atom is -0.404 e. The molecule has 96 valence electrons. The van der Waals surface area contributed by atoms with Crippen LogP contribution >= 0.6 is 0 Å². The molecule has 1 aliphatic carbocycles.